The van der Waals surface area contributed by atoms with E-state index in [1.165, 1.54) is 29.2 Å². The molecule has 0 amide bonds. The standard InChI is InChI=1S/C29H30F3N7O3/c1-33-16-7-18-24-22(26(23(31)25(18)39(32)11-16)38-10-15(30)6-17(38)12-36(2)3)20(9-34-24)14-5-19-27(40)21(29(41)42)13-37(4)28(19)35-8-14/h5,8-9,11,13,15,17,33-34H,6-7,10,12H2,1-4H3,(H,41,42)/t15-,17-/m0/s1. The van der Waals surface area contributed by atoms with Crippen molar-refractivity contribution in [3.63, 3.8) is 0 Å². The van der Waals surface area contributed by atoms with E-state index >= 15 is 8.87 Å². The highest BCUT2D eigenvalue weighted by Gasteiger charge is 2.39. The monoisotopic (exact) mass is 581 g/mol. The number of aromatic nitrogens is 3. The highest BCUT2D eigenvalue weighted by atomic mass is 19.2. The van der Waals surface area contributed by atoms with Crippen molar-refractivity contribution in [2.45, 2.75) is 25.1 Å². The summed E-state index contributed by atoms with van der Waals surface area (Å²) in [5.74, 6) is -2.18. The maximum absolute atomic E-state index is 16.7. The van der Waals surface area contributed by atoms with Gasteiger partial charge in [-0.15, -0.1) is 0 Å². The number of hydrogen-bond acceptors (Lipinski definition) is 7. The van der Waals surface area contributed by atoms with Crippen LogP contribution in [0.4, 0.5) is 24.6 Å². The number of fused-ring (bicyclic) bond motifs is 4. The van der Waals surface area contributed by atoms with Crippen LogP contribution in [0.25, 0.3) is 33.1 Å². The van der Waals surface area contributed by atoms with Crippen LogP contribution in [0.5, 0.6) is 0 Å². The van der Waals surface area contributed by atoms with Crippen molar-refractivity contribution in [1.29, 1.82) is 0 Å². The molecule has 42 heavy (non-hydrogen) atoms. The topological polar surface area (TPSA) is 110 Å². The molecule has 13 heteroatoms. The molecule has 0 radical (unpaired) electrons. The maximum Gasteiger partial charge on any atom is 0.341 e. The fraction of sp³-hybridized carbons (Fsp3) is 0.345. The summed E-state index contributed by atoms with van der Waals surface area (Å²) in [5, 5.41) is 13.2. The van der Waals surface area contributed by atoms with Gasteiger partial charge in [-0.05, 0) is 20.2 Å². The van der Waals surface area contributed by atoms with E-state index in [-0.39, 0.29) is 53.0 Å². The van der Waals surface area contributed by atoms with Gasteiger partial charge >= 0.3 is 5.97 Å². The molecule has 0 spiro atoms. The van der Waals surface area contributed by atoms with Crippen LogP contribution in [0, 0.1) is 5.82 Å². The Morgan fingerprint density at radius 1 is 1.31 bits per heavy atom. The number of rotatable bonds is 6. The van der Waals surface area contributed by atoms with E-state index in [0.29, 0.717) is 39.8 Å². The number of nitrogens with zero attached hydrogens (tertiary/aromatic N) is 5. The fourth-order valence-corrected chi connectivity index (χ4v) is 6.25. The van der Waals surface area contributed by atoms with Gasteiger partial charge in [-0.25, -0.2) is 18.6 Å². The summed E-state index contributed by atoms with van der Waals surface area (Å²) in [6.07, 6.45) is 4.74. The van der Waals surface area contributed by atoms with Crippen LogP contribution in [0.1, 0.15) is 22.3 Å². The Kier molecular flexibility index (Phi) is 6.64. The SMILES string of the molecule is CNC1=CN(F)c2c(F)c(N3C[C@@H](F)C[C@H]3CN(C)C)c3c(-c4cnc5c(c4)c(=O)c(C(=O)O)cn5C)c[nH]c3c2C1. The van der Waals surface area contributed by atoms with E-state index in [0.717, 1.165) is 0 Å². The Labute approximate surface area is 238 Å². The minimum absolute atomic E-state index is 0.0586. The van der Waals surface area contributed by atoms with Crippen molar-refractivity contribution >= 4 is 39.3 Å². The lowest BCUT2D eigenvalue weighted by molar-refractivity contribution is 0.0695. The molecule has 6 rings (SSSR count). The number of pyridine rings is 2. The molecular weight excluding hydrogens is 551 g/mol. The molecule has 3 N–H and O–H groups in total. The first kappa shape index (κ1) is 27.6. The van der Waals surface area contributed by atoms with Gasteiger partial charge in [0.05, 0.1) is 22.8 Å². The van der Waals surface area contributed by atoms with Gasteiger partial charge in [0, 0.05) is 92.4 Å². The molecule has 220 valence electrons. The van der Waals surface area contributed by atoms with Crippen LogP contribution >= 0.6 is 0 Å². The molecule has 2 aliphatic heterocycles. The van der Waals surface area contributed by atoms with Crippen molar-refractivity contribution in [2.24, 2.45) is 7.05 Å². The number of likely N-dealkylation sites (N-methyl/N-ethyl adjacent to an activating group) is 2. The molecule has 2 atom stereocenters. The van der Waals surface area contributed by atoms with E-state index in [2.05, 4.69) is 15.3 Å². The predicted molar refractivity (Wildman–Crippen MR) is 155 cm³/mol. The Hall–Kier alpha value is -4.52. The van der Waals surface area contributed by atoms with Gasteiger partial charge in [0.25, 0.3) is 0 Å². The number of aromatic carboxylic acids is 1. The molecule has 10 nitrogen and oxygen atoms in total. The zero-order valence-corrected chi connectivity index (χ0v) is 23.5. The van der Waals surface area contributed by atoms with Crippen LogP contribution in [-0.2, 0) is 13.5 Å². The van der Waals surface area contributed by atoms with Crippen molar-refractivity contribution in [3.8, 4) is 11.1 Å². The highest BCUT2D eigenvalue weighted by molar-refractivity contribution is 6.09. The van der Waals surface area contributed by atoms with Gasteiger partial charge in [0.1, 0.15) is 23.1 Å². The summed E-state index contributed by atoms with van der Waals surface area (Å²) >= 11 is 0. The van der Waals surface area contributed by atoms with Gasteiger partial charge in [-0.1, -0.05) is 4.48 Å². The van der Waals surface area contributed by atoms with Gasteiger partial charge in [-0.2, -0.15) is 5.12 Å². The van der Waals surface area contributed by atoms with Gasteiger partial charge in [0.2, 0.25) is 5.43 Å². The van der Waals surface area contributed by atoms with Crippen LogP contribution < -0.4 is 20.8 Å². The van der Waals surface area contributed by atoms with E-state index in [9.17, 15) is 19.1 Å². The number of anilines is 2. The number of halogens is 3. The molecule has 0 saturated carbocycles. The van der Waals surface area contributed by atoms with Crippen LogP contribution in [0.15, 0.2) is 41.3 Å². The molecule has 4 aromatic rings. The third-order valence-electron chi connectivity index (χ3n) is 8.07. The van der Waals surface area contributed by atoms with Gasteiger partial charge in [-0.3, -0.25) is 4.79 Å². The van der Waals surface area contributed by atoms with E-state index in [1.807, 2.05) is 19.0 Å². The lowest BCUT2D eigenvalue weighted by Gasteiger charge is -2.32. The summed E-state index contributed by atoms with van der Waals surface area (Å²) in [6.45, 7) is 0.378. The average Bonchev–Trinajstić information content (AvgIpc) is 3.53. The second-order valence-corrected chi connectivity index (χ2v) is 11.1. The summed E-state index contributed by atoms with van der Waals surface area (Å²) in [7, 11) is 6.94. The Morgan fingerprint density at radius 2 is 2.07 bits per heavy atom. The van der Waals surface area contributed by atoms with Crippen LogP contribution in [0.3, 0.4) is 0 Å². The number of aryl methyl sites for hydroxylation is 1. The van der Waals surface area contributed by atoms with Crippen molar-refractivity contribution in [2.75, 3.05) is 44.3 Å². The maximum atomic E-state index is 16.7. The molecule has 1 fully saturated rings. The second-order valence-electron chi connectivity index (χ2n) is 11.1. The first-order valence-electron chi connectivity index (χ1n) is 13.5. The van der Waals surface area contributed by atoms with Crippen molar-refractivity contribution in [1.82, 2.24) is 24.8 Å². The number of hydrogen-bond donors (Lipinski definition) is 3. The van der Waals surface area contributed by atoms with Gasteiger partial charge < -0.3 is 29.8 Å². The molecule has 0 unspecified atom stereocenters. The van der Waals surface area contributed by atoms with Crippen LogP contribution in [0.2, 0.25) is 0 Å². The Bertz CT molecular complexity index is 1850. The molecule has 0 aliphatic carbocycles. The summed E-state index contributed by atoms with van der Waals surface area (Å²) in [4.78, 5) is 36.0. The number of benzene rings is 1. The Balaban J connectivity index is 1.66. The predicted octanol–water partition coefficient (Wildman–Crippen LogP) is 3.71. The fourth-order valence-electron chi connectivity index (χ4n) is 6.25. The number of carbonyl (C=O) groups is 1. The molecule has 1 saturated heterocycles. The van der Waals surface area contributed by atoms with E-state index in [1.54, 1.807) is 25.2 Å². The number of nitrogens with one attached hydrogen (secondary N) is 2. The number of aromatic amines is 1. The number of allylic oxidation sites excluding steroid dienone is 1. The van der Waals surface area contributed by atoms with Crippen molar-refractivity contribution in [3.05, 3.63) is 63.7 Å². The lowest BCUT2D eigenvalue weighted by atomic mass is 9.95. The lowest BCUT2D eigenvalue weighted by Crippen LogP contribution is -2.38. The number of H-pyrrole nitrogens is 1. The van der Waals surface area contributed by atoms with E-state index in [4.69, 9.17) is 0 Å². The number of carboxylic acids is 1. The Morgan fingerprint density at radius 3 is 2.76 bits per heavy atom. The zero-order chi connectivity index (χ0) is 30.0. The van der Waals surface area contributed by atoms with Gasteiger partial charge in [0.15, 0.2) is 5.82 Å². The minimum atomic E-state index is -1.36. The quantitative estimate of drug-likeness (QED) is 0.296. The molecule has 2 aliphatic rings. The largest absolute Gasteiger partial charge is 0.477 e. The number of carboxylic acid groups (broad SMARTS) is 1. The molecule has 1 aromatic carbocycles. The molecular formula is C29H30F3N7O3. The smallest absolute Gasteiger partial charge is 0.341 e. The molecule has 0 bridgehead atoms. The molecule has 3 aromatic heterocycles. The first-order chi connectivity index (χ1) is 20.0. The average molecular weight is 582 g/mol. The van der Waals surface area contributed by atoms with Crippen LogP contribution in [-0.4, -0.2) is 77.0 Å². The summed E-state index contributed by atoms with van der Waals surface area (Å²) in [6, 6.07) is 1.15. The normalized spacial score (nSPS) is 18.7. The van der Waals surface area contributed by atoms with Crippen molar-refractivity contribution < 1.29 is 23.2 Å². The summed E-state index contributed by atoms with van der Waals surface area (Å²) in [5.41, 5.74) is 1.26. The first-order valence-corrected chi connectivity index (χ1v) is 13.5. The third kappa shape index (κ3) is 4.26. The third-order valence-corrected chi connectivity index (χ3v) is 8.07. The number of alkyl halides is 1. The second kappa shape index (κ2) is 10.1. The van der Waals surface area contributed by atoms with E-state index < -0.39 is 29.0 Å². The minimum Gasteiger partial charge on any atom is -0.477 e. The summed E-state index contributed by atoms with van der Waals surface area (Å²) < 4.78 is 48.5. The zero-order valence-electron chi connectivity index (χ0n) is 23.5. The molecule has 5 heterocycles. The highest BCUT2D eigenvalue weighted by Crippen LogP contribution is 2.48.